The highest BCUT2D eigenvalue weighted by Crippen LogP contribution is 2.28. The third-order valence-electron chi connectivity index (χ3n) is 2.96. The number of hydrogen-bond donors (Lipinski definition) is 3. The normalized spacial score (nSPS) is 28.6. The average Bonchev–Trinajstić information content (AvgIpc) is 2.71. The molecule has 21 heavy (non-hydrogen) atoms. The number of aromatic amines is 1. The first-order valence-electron chi connectivity index (χ1n) is 6.06. The van der Waals surface area contributed by atoms with Crippen LogP contribution in [0.2, 0.25) is 0 Å². The van der Waals surface area contributed by atoms with Crippen molar-refractivity contribution < 1.29 is 28.9 Å². The lowest BCUT2D eigenvalue weighted by Crippen LogP contribution is -2.39. The first kappa shape index (κ1) is 15.4. The molecule has 1 aliphatic rings. The van der Waals surface area contributed by atoms with E-state index in [1.54, 1.807) is 4.98 Å². The van der Waals surface area contributed by atoms with Crippen molar-refractivity contribution in [1.29, 1.82) is 0 Å². The molecule has 1 aliphatic heterocycles. The monoisotopic (exact) mass is 304 g/mol. The lowest BCUT2D eigenvalue weighted by atomic mass is 10.1. The molecule has 0 saturated carbocycles. The van der Waals surface area contributed by atoms with Gasteiger partial charge >= 0.3 is 11.7 Å². The van der Waals surface area contributed by atoms with E-state index in [0.717, 1.165) is 0 Å². The van der Waals surface area contributed by atoms with Gasteiger partial charge in [0.25, 0.3) is 5.56 Å². The fourth-order valence-electron chi connectivity index (χ4n) is 1.96. The van der Waals surface area contributed by atoms with Crippen LogP contribution in [0.3, 0.4) is 0 Å². The summed E-state index contributed by atoms with van der Waals surface area (Å²) >= 11 is 0. The van der Waals surface area contributed by atoms with Crippen molar-refractivity contribution in [3.63, 3.8) is 0 Å². The lowest BCUT2D eigenvalue weighted by Gasteiger charge is -2.16. The zero-order chi connectivity index (χ0) is 15.7. The molecule has 1 unspecified atom stereocenters. The molecule has 0 amide bonds. The number of nitrogens with zero attached hydrogens (tertiary/aromatic N) is 1. The minimum Gasteiger partial charge on any atom is -0.464 e. The summed E-state index contributed by atoms with van der Waals surface area (Å²) in [6.45, 7) is 1.56. The van der Waals surface area contributed by atoms with Gasteiger partial charge in [-0.2, -0.15) is 4.39 Å². The Morgan fingerprint density at radius 3 is 2.76 bits per heavy atom. The molecule has 116 valence electrons. The second-order valence-corrected chi connectivity index (χ2v) is 4.32. The summed E-state index contributed by atoms with van der Waals surface area (Å²) < 4.78 is 23.5. The Morgan fingerprint density at radius 1 is 1.48 bits per heavy atom. The fourth-order valence-corrected chi connectivity index (χ4v) is 1.96. The number of aromatic nitrogens is 2. The minimum absolute atomic E-state index is 0.0272. The van der Waals surface area contributed by atoms with Crippen molar-refractivity contribution in [2.24, 2.45) is 0 Å². The van der Waals surface area contributed by atoms with E-state index in [2.05, 4.69) is 4.74 Å². The van der Waals surface area contributed by atoms with Gasteiger partial charge in [-0.05, 0) is 6.92 Å². The zero-order valence-corrected chi connectivity index (χ0v) is 10.9. The molecule has 3 N–H and O–H groups in total. The largest absolute Gasteiger partial charge is 0.464 e. The van der Waals surface area contributed by atoms with E-state index in [9.17, 15) is 29.0 Å². The van der Waals surface area contributed by atoms with Gasteiger partial charge in [0.2, 0.25) is 5.82 Å². The number of H-pyrrole nitrogens is 1. The molecule has 0 bridgehead atoms. The molecule has 0 aliphatic carbocycles. The molecule has 2 heterocycles. The minimum atomic E-state index is -1.68. The smallest absolute Gasteiger partial charge is 0.338 e. The molecule has 1 aromatic heterocycles. The molecular formula is C11H13FN2O7. The summed E-state index contributed by atoms with van der Waals surface area (Å²) in [6, 6.07) is 0. The molecule has 10 heteroatoms. The number of halogens is 1. The number of esters is 1. The van der Waals surface area contributed by atoms with Gasteiger partial charge in [0.15, 0.2) is 12.3 Å². The molecule has 4 atom stereocenters. The first-order chi connectivity index (χ1) is 9.86. The predicted octanol–water partition coefficient (Wildman–Crippen LogP) is -2.14. The number of aliphatic hydroxyl groups excluding tert-OH is 2. The number of carbonyl (C=O) groups is 1. The highest BCUT2D eigenvalue weighted by atomic mass is 19.1. The number of nitrogens with one attached hydrogen (secondary N) is 1. The summed E-state index contributed by atoms with van der Waals surface area (Å²) in [5, 5.41) is 19.6. The first-order valence-corrected chi connectivity index (χ1v) is 6.06. The van der Waals surface area contributed by atoms with Crippen LogP contribution in [-0.2, 0) is 14.3 Å². The molecular weight excluding hydrogens is 291 g/mol. The number of carbonyl (C=O) groups excluding carboxylic acids is 1. The van der Waals surface area contributed by atoms with Crippen LogP contribution in [0, 0.1) is 5.82 Å². The molecule has 0 aromatic carbocycles. The van der Waals surface area contributed by atoms with Crippen molar-refractivity contribution in [2.75, 3.05) is 6.61 Å². The molecule has 9 nitrogen and oxygen atoms in total. The Morgan fingerprint density at radius 2 is 2.14 bits per heavy atom. The van der Waals surface area contributed by atoms with Crippen molar-refractivity contribution in [3.8, 4) is 0 Å². The van der Waals surface area contributed by atoms with Gasteiger partial charge in [-0.1, -0.05) is 0 Å². The Balaban J connectivity index is 2.34. The van der Waals surface area contributed by atoms with Gasteiger partial charge < -0.3 is 19.7 Å². The highest BCUT2D eigenvalue weighted by Gasteiger charge is 2.48. The fraction of sp³-hybridized carbons (Fsp3) is 0.545. The van der Waals surface area contributed by atoms with Gasteiger partial charge in [0.05, 0.1) is 12.8 Å². The topological polar surface area (TPSA) is 131 Å². The number of rotatable bonds is 3. The van der Waals surface area contributed by atoms with Crippen molar-refractivity contribution >= 4 is 5.97 Å². The van der Waals surface area contributed by atoms with Gasteiger partial charge in [-0.15, -0.1) is 0 Å². The third kappa shape index (κ3) is 2.73. The van der Waals surface area contributed by atoms with E-state index in [-0.39, 0.29) is 6.61 Å². The van der Waals surface area contributed by atoms with E-state index >= 15 is 0 Å². The zero-order valence-electron chi connectivity index (χ0n) is 10.9. The summed E-state index contributed by atoms with van der Waals surface area (Å²) in [5.41, 5.74) is -2.28. The summed E-state index contributed by atoms with van der Waals surface area (Å²) in [5.74, 6) is -2.20. The highest BCUT2D eigenvalue weighted by molar-refractivity contribution is 5.76. The van der Waals surface area contributed by atoms with E-state index in [1.165, 1.54) is 6.92 Å². The molecule has 0 spiro atoms. The quantitative estimate of drug-likeness (QED) is 0.543. The Hall–Kier alpha value is -2.04. The number of ether oxygens (including phenoxy) is 2. The SMILES string of the molecule is CCOC(=O)[C@H]1OC(n2cc(F)c(=O)[nH]c2=O)[C@H](O)[C@@H]1O. The van der Waals surface area contributed by atoms with E-state index in [1.807, 2.05) is 0 Å². The van der Waals surface area contributed by atoms with Crippen molar-refractivity contribution in [2.45, 2.75) is 31.5 Å². The Kier molecular flexibility index (Phi) is 4.21. The average molecular weight is 304 g/mol. The van der Waals surface area contributed by atoms with Gasteiger partial charge in [0, 0.05) is 0 Å². The van der Waals surface area contributed by atoms with Crippen LogP contribution in [0.1, 0.15) is 13.2 Å². The van der Waals surface area contributed by atoms with Crippen LogP contribution >= 0.6 is 0 Å². The van der Waals surface area contributed by atoms with Crippen LogP contribution in [0.15, 0.2) is 15.8 Å². The Labute approximate surface area is 116 Å². The second-order valence-electron chi connectivity index (χ2n) is 4.32. The maximum Gasteiger partial charge on any atom is 0.338 e. The summed E-state index contributed by atoms with van der Waals surface area (Å²) in [6.07, 6.45) is -5.87. The molecule has 1 fully saturated rings. The van der Waals surface area contributed by atoms with Gasteiger partial charge in [0.1, 0.15) is 12.2 Å². The number of hydrogen-bond acceptors (Lipinski definition) is 7. The summed E-state index contributed by atoms with van der Waals surface area (Å²) in [7, 11) is 0. The van der Waals surface area contributed by atoms with E-state index in [0.29, 0.717) is 10.8 Å². The van der Waals surface area contributed by atoms with Crippen LogP contribution in [0.4, 0.5) is 4.39 Å². The maximum atomic E-state index is 13.2. The predicted molar refractivity (Wildman–Crippen MR) is 63.8 cm³/mol. The molecule has 1 aromatic rings. The van der Waals surface area contributed by atoms with Crippen molar-refractivity contribution in [3.05, 3.63) is 32.9 Å². The standard InChI is InChI=1S/C11H13FN2O7/c1-2-20-10(18)7-5(15)6(16)9(21-7)14-3-4(12)8(17)13-11(14)19/h3,5-7,9,15-16H,2H2,1H3,(H,13,17,19)/t5-,6+,7-,9?/m0/s1. The van der Waals surface area contributed by atoms with E-state index < -0.39 is 47.6 Å². The van der Waals surface area contributed by atoms with Crippen LogP contribution in [0.5, 0.6) is 0 Å². The molecule has 2 rings (SSSR count). The van der Waals surface area contributed by atoms with Crippen LogP contribution in [0.25, 0.3) is 0 Å². The number of aliphatic hydroxyl groups is 2. The van der Waals surface area contributed by atoms with Crippen molar-refractivity contribution in [1.82, 2.24) is 9.55 Å². The molecule has 1 saturated heterocycles. The second kappa shape index (κ2) is 5.76. The van der Waals surface area contributed by atoms with Crippen LogP contribution < -0.4 is 11.2 Å². The van der Waals surface area contributed by atoms with Gasteiger partial charge in [-0.25, -0.2) is 9.59 Å². The Bertz CT molecular complexity index is 655. The maximum absolute atomic E-state index is 13.2. The third-order valence-corrected chi connectivity index (χ3v) is 2.96. The lowest BCUT2D eigenvalue weighted by molar-refractivity contribution is -0.161. The summed E-state index contributed by atoms with van der Waals surface area (Å²) in [4.78, 5) is 35.7. The van der Waals surface area contributed by atoms with E-state index in [4.69, 9.17) is 4.74 Å². The van der Waals surface area contributed by atoms with Crippen LogP contribution in [-0.4, -0.2) is 50.7 Å². The molecule has 0 radical (unpaired) electrons. The van der Waals surface area contributed by atoms with Gasteiger partial charge in [-0.3, -0.25) is 14.3 Å².